The van der Waals surface area contributed by atoms with Gasteiger partial charge in [-0.05, 0) is 24.3 Å². The Labute approximate surface area is 124 Å². The Bertz CT molecular complexity index is 769. The number of halogens is 1. The maximum Gasteiger partial charge on any atom is 0.337 e. The first-order chi connectivity index (χ1) is 9.79. The second kappa shape index (κ2) is 5.76. The fourth-order valence-corrected chi connectivity index (χ4v) is 2.70. The van der Waals surface area contributed by atoms with Gasteiger partial charge in [0.1, 0.15) is 10.7 Å². The van der Waals surface area contributed by atoms with Gasteiger partial charge in [-0.2, -0.15) is 8.42 Å². The summed E-state index contributed by atoms with van der Waals surface area (Å²) in [5.74, 6) is -0.806. The lowest BCUT2D eigenvalue weighted by molar-refractivity contribution is 0.0697. The van der Waals surface area contributed by atoms with E-state index in [1.165, 1.54) is 6.26 Å². The number of benzene rings is 1. The summed E-state index contributed by atoms with van der Waals surface area (Å²) >= 11 is 5.76. The highest BCUT2D eigenvalue weighted by molar-refractivity contribution is 7.86. The maximum atomic E-state index is 11.2. The lowest BCUT2D eigenvalue weighted by Gasteiger charge is -2.11. The first kappa shape index (κ1) is 15.4. The Kier molecular flexibility index (Phi) is 4.21. The van der Waals surface area contributed by atoms with Crippen LogP contribution in [0.5, 0.6) is 0 Å². The molecule has 0 fully saturated rings. The molecule has 9 heteroatoms. The molecule has 21 heavy (non-hydrogen) atoms. The van der Waals surface area contributed by atoms with Gasteiger partial charge in [0.15, 0.2) is 0 Å². The van der Waals surface area contributed by atoms with E-state index in [4.69, 9.17) is 25.7 Å². The molecule has 0 aliphatic heterocycles. The first-order valence-electron chi connectivity index (χ1n) is 5.59. The average molecular weight is 332 g/mol. The number of carboxylic acid groups (broad SMARTS) is 1. The zero-order valence-corrected chi connectivity index (χ0v) is 12.0. The van der Waals surface area contributed by atoms with Crippen LogP contribution in [0.2, 0.25) is 5.02 Å². The first-order valence-corrected chi connectivity index (χ1v) is 7.41. The second-order valence-electron chi connectivity index (χ2n) is 4.04. The Morgan fingerprint density at radius 3 is 2.62 bits per heavy atom. The number of furan rings is 1. The van der Waals surface area contributed by atoms with Gasteiger partial charge in [-0.3, -0.25) is 4.55 Å². The van der Waals surface area contributed by atoms with Crippen molar-refractivity contribution in [3.8, 4) is 0 Å². The lowest BCUT2D eigenvalue weighted by atomic mass is 10.1. The highest BCUT2D eigenvalue weighted by atomic mass is 35.5. The van der Waals surface area contributed by atoms with Crippen LogP contribution in [0.25, 0.3) is 0 Å². The molecule has 0 amide bonds. The number of hydrogen-bond acceptors (Lipinski definition) is 5. The molecule has 2 aromatic rings. The van der Waals surface area contributed by atoms with Crippen molar-refractivity contribution in [3.05, 3.63) is 46.9 Å². The molecular formula is C12H10ClNO6S. The number of carboxylic acids is 1. The fourth-order valence-electron chi connectivity index (χ4n) is 1.67. The Morgan fingerprint density at radius 1 is 1.38 bits per heavy atom. The van der Waals surface area contributed by atoms with Crippen LogP contribution in [0.4, 0.5) is 5.69 Å². The number of rotatable bonds is 5. The summed E-state index contributed by atoms with van der Waals surface area (Å²) in [6.07, 6.45) is 1.46. The van der Waals surface area contributed by atoms with Crippen LogP contribution in [0.3, 0.4) is 0 Å². The predicted octanol–water partition coefficient (Wildman–Crippen LogP) is 2.49. The standard InChI is InChI=1S/C12H10ClNO6S/c13-9-5-10(14-6-7-2-1-3-20-7)8(12(15)16)4-11(9)21(17,18)19/h1-5,14H,6H2,(H,15,16)(H,17,18,19). The number of carbonyl (C=O) groups is 1. The third kappa shape index (κ3) is 3.54. The quantitative estimate of drug-likeness (QED) is 0.720. The van der Waals surface area contributed by atoms with Gasteiger partial charge in [0.25, 0.3) is 10.1 Å². The Hall–Kier alpha value is -2.03. The van der Waals surface area contributed by atoms with Crippen LogP contribution in [-0.2, 0) is 16.7 Å². The normalized spacial score (nSPS) is 11.3. The molecule has 1 heterocycles. The summed E-state index contributed by atoms with van der Waals surface area (Å²) in [6.45, 7) is 0.189. The zero-order chi connectivity index (χ0) is 15.6. The number of nitrogens with one attached hydrogen (secondary N) is 1. The average Bonchev–Trinajstić information content (AvgIpc) is 2.87. The molecule has 0 saturated heterocycles. The summed E-state index contributed by atoms with van der Waals surface area (Å²) in [7, 11) is -4.61. The minimum absolute atomic E-state index is 0.108. The van der Waals surface area contributed by atoms with Gasteiger partial charge in [0.05, 0.1) is 29.1 Å². The fraction of sp³-hybridized carbons (Fsp3) is 0.0833. The second-order valence-corrected chi connectivity index (χ2v) is 5.84. The highest BCUT2D eigenvalue weighted by Crippen LogP contribution is 2.29. The van der Waals surface area contributed by atoms with E-state index in [2.05, 4.69) is 5.32 Å². The Balaban J connectivity index is 2.41. The number of anilines is 1. The van der Waals surface area contributed by atoms with Gasteiger partial charge in [0, 0.05) is 0 Å². The van der Waals surface area contributed by atoms with Gasteiger partial charge >= 0.3 is 5.97 Å². The summed E-state index contributed by atoms with van der Waals surface area (Å²) in [6, 6.07) is 5.27. The van der Waals surface area contributed by atoms with E-state index in [1.54, 1.807) is 12.1 Å². The lowest BCUT2D eigenvalue weighted by Crippen LogP contribution is -2.09. The SMILES string of the molecule is O=C(O)c1cc(S(=O)(=O)O)c(Cl)cc1NCc1ccco1. The molecule has 0 unspecified atom stereocenters. The predicted molar refractivity (Wildman–Crippen MR) is 74.3 cm³/mol. The molecule has 1 aromatic carbocycles. The van der Waals surface area contributed by atoms with E-state index in [-0.39, 0.29) is 22.8 Å². The molecule has 0 saturated carbocycles. The summed E-state index contributed by atoms with van der Waals surface area (Å²) in [5, 5.41) is 11.6. The largest absolute Gasteiger partial charge is 0.478 e. The summed E-state index contributed by atoms with van der Waals surface area (Å²) < 4.78 is 36.3. The monoisotopic (exact) mass is 331 g/mol. The Morgan fingerprint density at radius 2 is 2.10 bits per heavy atom. The third-order valence-corrected chi connectivity index (χ3v) is 3.93. The molecule has 0 atom stereocenters. The smallest absolute Gasteiger partial charge is 0.337 e. The van der Waals surface area contributed by atoms with Gasteiger partial charge in [-0.15, -0.1) is 0 Å². The van der Waals surface area contributed by atoms with Crippen LogP contribution in [0.1, 0.15) is 16.1 Å². The van der Waals surface area contributed by atoms with Crippen molar-refractivity contribution in [2.75, 3.05) is 5.32 Å². The van der Waals surface area contributed by atoms with Crippen molar-refractivity contribution < 1.29 is 27.3 Å². The topological polar surface area (TPSA) is 117 Å². The van der Waals surface area contributed by atoms with Crippen LogP contribution >= 0.6 is 11.6 Å². The van der Waals surface area contributed by atoms with Gasteiger partial charge in [-0.1, -0.05) is 11.6 Å². The van der Waals surface area contributed by atoms with E-state index in [9.17, 15) is 13.2 Å². The van der Waals surface area contributed by atoms with Crippen LogP contribution < -0.4 is 5.32 Å². The molecule has 0 spiro atoms. The van der Waals surface area contributed by atoms with Crippen molar-refractivity contribution in [2.24, 2.45) is 0 Å². The molecule has 7 nitrogen and oxygen atoms in total. The number of aromatic carboxylic acids is 1. The van der Waals surface area contributed by atoms with E-state index in [1.807, 2.05) is 0 Å². The van der Waals surface area contributed by atoms with Crippen LogP contribution in [0.15, 0.2) is 39.8 Å². The van der Waals surface area contributed by atoms with Gasteiger partial charge in [-0.25, -0.2) is 4.79 Å². The zero-order valence-electron chi connectivity index (χ0n) is 10.4. The van der Waals surface area contributed by atoms with Crippen molar-refractivity contribution in [3.63, 3.8) is 0 Å². The van der Waals surface area contributed by atoms with E-state index in [0.29, 0.717) is 5.76 Å². The van der Waals surface area contributed by atoms with E-state index >= 15 is 0 Å². The molecule has 0 bridgehead atoms. The van der Waals surface area contributed by atoms with Crippen molar-refractivity contribution in [1.82, 2.24) is 0 Å². The molecule has 0 radical (unpaired) electrons. The van der Waals surface area contributed by atoms with Crippen molar-refractivity contribution in [1.29, 1.82) is 0 Å². The number of hydrogen-bond donors (Lipinski definition) is 3. The van der Waals surface area contributed by atoms with Gasteiger partial charge < -0.3 is 14.8 Å². The molecular weight excluding hydrogens is 322 g/mol. The molecule has 1 aromatic heterocycles. The molecule has 3 N–H and O–H groups in total. The maximum absolute atomic E-state index is 11.2. The summed E-state index contributed by atoms with van der Waals surface area (Å²) in [5.41, 5.74) is -0.227. The van der Waals surface area contributed by atoms with Crippen LogP contribution in [-0.4, -0.2) is 24.0 Å². The van der Waals surface area contributed by atoms with Gasteiger partial charge in [0.2, 0.25) is 0 Å². The van der Waals surface area contributed by atoms with E-state index < -0.39 is 21.0 Å². The van der Waals surface area contributed by atoms with Crippen molar-refractivity contribution in [2.45, 2.75) is 11.4 Å². The van der Waals surface area contributed by atoms with Crippen LogP contribution in [0, 0.1) is 0 Å². The third-order valence-electron chi connectivity index (χ3n) is 2.61. The molecule has 0 aliphatic carbocycles. The minimum atomic E-state index is -4.61. The molecule has 2 rings (SSSR count). The van der Waals surface area contributed by atoms with Crippen molar-refractivity contribution >= 4 is 33.4 Å². The highest BCUT2D eigenvalue weighted by Gasteiger charge is 2.21. The van der Waals surface area contributed by atoms with E-state index in [0.717, 1.165) is 12.1 Å². The minimum Gasteiger partial charge on any atom is -0.478 e. The summed E-state index contributed by atoms with van der Waals surface area (Å²) in [4.78, 5) is 10.5. The molecule has 112 valence electrons. The molecule has 0 aliphatic rings.